The molecule has 0 aliphatic carbocycles. The quantitative estimate of drug-likeness (QED) is 0.139. The van der Waals surface area contributed by atoms with Gasteiger partial charge in [-0.2, -0.15) is 0 Å². The number of benzene rings is 2. The van der Waals surface area contributed by atoms with Crippen molar-refractivity contribution in [2.45, 2.75) is 80.3 Å². The zero-order valence-electron chi connectivity index (χ0n) is 20.2. The van der Waals surface area contributed by atoms with Gasteiger partial charge in [0, 0.05) is 0 Å². The van der Waals surface area contributed by atoms with Crippen LogP contribution in [0, 0.1) is 0 Å². The van der Waals surface area contributed by atoms with E-state index >= 15 is 0 Å². The molecule has 0 saturated carbocycles. The number of ether oxygens (including phenoxy) is 3. The van der Waals surface area contributed by atoms with Crippen molar-refractivity contribution < 1.29 is 30.3 Å². The third-order valence-electron chi connectivity index (χ3n) is 18.6. The van der Waals surface area contributed by atoms with Gasteiger partial charge in [-0.3, -0.25) is 0 Å². The summed E-state index contributed by atoms with van der Waals surface area (Å²) in [6, 6.07) is 14.1. The van der Waals surface area contributed by atoms with E-state index in [2.05, 4.69) is 6.92 Å². The van der Waals surface area contributed by atoms with Gasteiger partial charge in [-0.15, -0.1) is 0 Å². The molecule has 5 nitrogen and oxygen atoms in total. The summed E-state index contributed by atoms with van der Waals surface area (Å²) in [6.07, 6.45) is 4.65. The van der Waals surface area contributed by atoms with Crippen LogP contribution in [0.4, 0.5) is 0 Å². The molecule has 0 aromatic heterocycles. The van der Waals surface area contributed by atoms with E-state index in [1.165, 1.54) is 19.3 Å². The van der Waals surface area contributed by atoms with E-state index in [9.17, 15) is 9.59 Å². The summed E-state index contributed by atoms with van der Waals surface area (Å²) in [5.41, 5.74) is 0.478. The summed E-state index contributed by atoms with van der Waals surface area (Å²) < 4.78 is 17.5. The van der Waals surface area contributed by atoms with E-state index in [0.717, 1.165) is 55.5 Å². The fourth-order valence-electron chi connectivity index (χ4n) is 19.1. The molecule has 2 aromatic rings. The van der Waals surface area contributed by atoms with Gasteiger partial charge < -0.3 is 4.74 Å². The molecule has 0 bridgehead atoms. The summed E-state index contributed by atoms with van der Waals surface area (Å²) in [4.78, 5) is 35.8. The average molecular weight is 526 g/mol. The van der Waals surface area contributed by atoms with Crippen LogP contribution in [0.1, 0.15) is 43.0 Å². The molecule has 4 unspecified atom stereocenters. The first-order chi connectivity index (χ1) is 17.3. The predicted molar refractivity (Wildman–Crippen MR) is 130 cm³/mol. The first-order valence-electron chi connectivity index (χ1n) is 13.8. The first-order valence-corrected chi connectivity index (χ1v) is 20.1. The van der Waals surface area contributed by atoms with E-state index < -0.39 is 12.5 Å². The fourth-order valence-corrected chi connectivity index (χ4v) is 92.6. The van der Waals surface area contributed by atoms with Crippen molar-refractivity contribution in [2.75, 3.05) is 6.61 Å². The van der Waals surface area contributed by atoms with E-state index in [0.29, 0.717) is 23.7 Å². The van der Waals surface area contributed by atoms with Crippen LogP contribution in [0.15, 0.2) is 48.5 Å². The maximum absolute atomic E-state index is 13.7. The van der Waals surface area contributed by atoms with Gasteiger partial charge in [0.1, 0.15) is 5.75 Å². The molecular formula is C30H30FeO5. The van der Waals surface area contributed by atoms with Crippen molar-refractivity contribution in [3.05, 3.63) is 54.1 Å². The van der Waals surface area contributed by atoms with Crippen molar-refractivity contribution in [1.82, 2.24) is 0 Å². The van der Waals surface area contributed by atoms with Gasteiger partial charge >= 0.3 is 151 Å². The van der Waals surface area contributed by atoms with Gasteiger partial charge in [-0.25, -0.2) is 0 Å². The zero-order chi connectivity index (χ0) is 23.8. The van der Waals surface area contributed by atoms with Crippen molar-refractivity contribution in [3.8, 4) is 17.2 Å². The number of rotatable bonds is 10. The summed E-state index contributed by atoms with van der Waals surface area (Å²) >= 11 is 0. The molecule has 4 atom stereocenters. The summed E-state index contributed by atoms with van der Waals surface area (Å²) in [5.74, 6) is 1.56. The molecule has 0 amide bonds. The third-order valence-corrected chi connectivity index (χ3v) is 60.9. The Balaban J connectivity index is 0.732. The van der Waals surface area contributed by atoms with Crippen molar-refractivity contribution in [1.29, 1.82) is 0 Å². The van der Waals surface area contributed by atoms with Crippen molar-refractivity contribution >= 4 is 11.9 Å². The number of unbranched alkanes of at least 4 members (excludes halogenated alkanes) is 3. The number of fused-ring (bicyclic) bond motifs is 10. The van der Waals surface area contributed by atoms with Gasteiger partial charge in [-0.05, 0) is 6.42 Å². The molecule has 10 saturated heterocycles. The van der Waals surface area contributed by atoms with Crippen molar-refractivity contribution in [3.63, 3.8) is 0 Å². The Kier molecular flexibility index (Phi) is 1.37. The van der Waals surface area contributed by atoms with E-state index in [4.69, 9.17) is 14.2 Å². The Morgan fingerprint density at radius 2 is 1.28 bits per heavy atom. The van der Waals surface area contributed by atoms with Crippen LogP contribution in [-0.4, -0.2) is 18.5 Å². The Bertz CT molecular complexity index is 1740. The monoisotopic (exact) mass is 526 g/mol. The van der Waals surface area contributed by atoms with Gasteiger partial charge in [0.25, 0.3) is 0 Å². The zero-order valence-corrected chi connectivity index (χ0v) is 21.3. The van der Waals surface area contributed by atoms with Crippen LogP contribution < -0.4 is 14.2 Å². The Labute approximate surface area is 200 Å². The Hall–Kier alpha value is -2.30. The molecule has 0 N–H and O–H groups in total. The average Bonchev–Trinajstić information content (AvgIpc) is 3.83. The standard InChI is InChI=1S/C25H25O5.C5H5.Fe/c1-2-3-4-7-18-28-21-12-10-20(11-13-21)25(27)30-23-16-14-22(15-17-23)29-24(26)19-8-5-6-9-19;1-2-4-5-3-1;/h5-6,8-17H,2-4,7,18H2,1H3;1-5H;. The van der Waals surface area contributed by atoms with E-state index in [1.54, 1.807) is 36.4 Å². The molecular weight excluding hydrogens is 496 g/mol. The number of esters is 2. The van der Waals surface area contributed by atoms with Gasteiger partial charge in [-0.1, -0.05) is 26.2 Å². The number of carbonyl (C=O) groups excluding carboxylic acids is 2. The second-order valence-corrected chi connectivity index (χ2v) is 38.9. The molecule has 10 fully saturated rings. The third kappa shape index (κ3) is 0.457. The van der Waals surface area contributed by atoms with Gasteiger partial charge in [0.15, 0.2) is 0 Å². The molecule has 10 heterocycles. The molecule has 1 spiro atoms. The molecule has 12 rings (SSSR count). The maximum atomic E-state index is 13.7. The topological polar surface area (TPSA) is 61.8 Å². The number of hydrogen-bond acceptors (Lipinski definition) is 5. The Morgan fingerprint density at radius 3 is 1.78 bits per heavy atom. The minimum absolute atomic E-state index is 0.107. The summed E-state index contributed by atoms with van der Waals surface area (Å²) in [5, 5.41) is 0. The normalized spacial score (nSPS) is 61.9. The van der Waals surface area contributed by atoms with Crippen molar-refractivity contribution in [2.24, 2.45) is 0 Å². The van der Waals surface area contributed by atoms with Gasteiger partial charge in [0.05, 0.1) is 6.61 Å². The molecule has 6 heteroatoms. The van der Waals surface area contributed by atoms with Crippen LogP contribution in [0.2, 0.25) is 47.7 Å². The van der Waals surface area contributed by atoms with Crippen LogP contribution in [0.25, 0.3) is 0 Å². The SMILES string of the molecule is CCCCCCOc1ccc(C(=O)Oc2ccc(OC(=O)[C]34[CH]5[CH]6[CH]7[CH]3[Fe]6754389%10[CH]4[CH]3[CH]8[CH]9[CH]4%10)cc2)cc1. The van der Waals surface area contributed by atoms with Crippen LogP contribution in [0.3, 0.4) is 0 Å². The van der Waals surface area contributed by atoms with Gasteiger partial charge in [0.2, 0.25) is 0 Å². The molecule has 2 aromatic carbocycles. The predicted octanol–water partition coefficient (Wildman–Crippen LogP) is 7.53. The first kappa shape index (κ1) is 18.0. The second-order valence-electron chi connectivity index (χ2n) is 15.4. The van der Waals surface area contributed by atoms with E-state index in [-0.39, 0.29) is 10.3 Å². The van der Waals surface area contributed by atoms with Crippen LogP contribution in [0.5, 0.6) is 17.2 Å². The molecule has 188 valence electrons. The molecule has 36 heavy (non-hydrogen) atoms. The Morgan fingerprint density at radius 1 is 0.722 bits per heavy atom. The summed E-state index contributed by atoms with van der Waals surface area (Å²) in [6.45, 7) is -0.596. The molecule has 0 radical (unpaired) electrons. The number of carbonyl (C=O) groups is 2. The summed E-state index contributed by atoms with van der Waals surface area (Å²) in [7, 11) is 0. The fraction of sp³-hybridized carbons (Fsp3) is 0.533. The number of hydrogen-bond donors (Lipinski definition) is 0. The second kappa shape index (κ2) is 2.73. The minimum atomic E-state index is -3.48. The van der Waals surface area contributed by atoms with Crippen LogP contribution in [-0.2, 0) is 11.3 Å². The molecule has 10 aliphatic rings. The van der Waals surface area contributed by atoms with E-state index in [1.807, 2.05) is 12.1 Å². The molecule has 10 aliphatic heterocycles. The van der Waals surface area contributed by atoms with Crippen LogP contribution >= 0.6 is 0 Å².